The van der Waals surface area contributed by atoms with Gasteiger partial charge in [0, 0.05) is 5.56 Å². The van der Waals surface area contributed by atoms with Crippen LogP contribution in [-0.2, 0) is 0 Å². The van der Waals surface area contributed by atoms with E-state index in [1.807, 2.05) is 26.0 Å². The summed E-state index contributed by atoms with van der Waals surface area (Å²) in [6.45, 7) is 3.82. The van der Waals surface area contributed by atoms with Crippen molar-refractivity contribution in [3.63, 3.8) is 0 Å². The number of hydrogen-bond acceptors (Lipinski definition) is 5. The van der Waals surface area contributed by atoms with Crippen LogP contribution in [0.4, 0.5) is 5.69 Å². The molecule has 1 aliphatic rings. The van der Waals surface area contributed by atoms with Crippen LogP contribution in [0, 0.1) is 13.8 Å². The van der Waals surface area contributed by atoms with Gasteiger partial charge in [-0.15, -0.1) is 0 Å². The van der Waals surface area contributed by atoms with Crippen LogP contribution in [-0.4, -0.2) is 16.8 Å². The van der Waals surface area contributed by atoms with Crippen molar-refractivity contribution < 1.29 is 14.0 Å². The molecule has 30 heavy (non-hydrogen) atoms. The van der Waals surface area contributed by atoms with Crippen LogP contribution < -0.4 is 10.5 Å². The first kappa shape index (κ1) is 18.0. The van der Waals surface area contributed by atoms with Crippen molar-refractivity contribution >= 4 is 28.4 Å². The predicted molar refractivity (Wildman–Crippen MR) is 113 cm³/mol. The Labute approximate surface area is 171 Å². The quantitative estimate of drug-likeness (QED) is 0.473. The molecular weight excluding hydrogens is 380 g/mol. The number of amides is 2. The second kappa shape index (κ2) is 6.49. The number of nitrogens with zero attached hydrogens (tertiary/aromatic N) is 2. The Bertz CT molecular complexity index is 1440. The van der Waals surface area contributed by atoms with E-state index in [1.54, 1.807) is 48.5 Å². The fourth-order valence-corrected chi connectivity index (χ4v) is 3.79. The Morgan fingerprint density at radius 1 is 0.833 bits per heavy atom. The fraction of sp³-hybridized carbons (Fsp3) is 0.0833. The first-order valence-electron chi connectivity index (χ1n) is 9.44. The van der Waals surface area contributed by atoms with Crippen molar-refractivity contribution in [2.24, 2.45) is 0 Å². The van der Waals surface area contributed by atoms with Crippen LogP contribution >= 0.6 is 0 Å². The van der Waals surface area contributed by atoms with E-state index in [2.05, 4.69) is 4.98 Å². The molecule has 0 spiro atoms. The summed E-state index contributed by atoms with van der Waals surface area (Å²) in [7, 11) is 0. The number of para-hydroxylation sites is 1. The summed E-state index contributed by atoms with van der Waals surface area (Å²) in [5, 5.41) is 0.384. The average Bonchev–Trinajstić information content (AvgIpc) is 2.98. The molecule has 0 saturated heterocycles. The van der Waals surface area contributed by atoms with Gasteiger partial charge in [-0.1, -0.05) is 29.8 Å². The zero-order chi connectivity index (χ0) is 21.0. The molecule has 0 atom stereocenters. The zero-order valence-corrected chi connectivity index (χ0v) is 16.3. The number of anilines is 1. The van der Waals surface area contributed by atoms with Crippen LogP contribution in [0.25, 0.3) is 22.4 Å². The average molecular weight is 396 g/mol. The van der Waals surface area contributed by atoms with Gasteiger partial charge in [0.25, 0.3) is 11.8 Å². The van der Waals surface area contributed by atoms with E-state index in [4.69, 9.17) is 4.42 Å². The normalized spacial score (nSPS) is 13.2. The molecular formula is C24H16N2O4. The molecule has 2 amide bonds. The number of imide groups is 1. The Balaban J connectivity index is 1.61. The summed E-state index contributed by atoms with van der Waals surface area (Å²) in [5.74, 6) is -0.680. The van der Waals surface area contributed by atoms with E-state index in [0.29, 0.717) is 27.7 Å². The molecule has 0 aliphatic carbocycles. The molecule has 146 valence electrons. The lowest BCUT2D eigenvalue weighted by Gasteiger charge is -2.16. The zero-order valence-electron chi connectivity index (χ0n) is 16.3. The largest absolute Gasteiger partial charge is 0.403 e. The monoisotopic (exact) mass is 396 g/mol. The number of carbonyl (C=O) groups is 2. The minimum Gasteiger partial charge on any atom is -0.403 e. The van der Waals surface area contributed by atoms with Crippen LogP contribution in [0.5, 0.6) is 0 Å². The van der Waals surface area contributed by atoms with Gasteiger partial charge in [0.15, 0.2) is 0 Å². The maximum atomic E-state index is 13.1. The molecule has 6 heteroatoms. The Morgan fingerprint density at radius 2 is 1.60 bits per heavy atom. The highest BCUT2D eigenvalue weighted by Crippen LogP contribution is 2.33. The van der Waals surface area contributed by atoms with Crippen molar-refractivity contribution in [2.45, 2.75) is 13.8 Å². The lowest BCUT2D eigenvalue weighted by molar-refractivity contribution is 0.0926. The second-order valence-electron chi connectivity index (χ2n) is 7.32. The molecule has 0 fully saturated rings. The molecule has 2 heterocycles. The highest BCUT2D eigenvalue weighted by Gasteiger charge is 2.37. The van der Waals surface area contributed by atoms with E-state index in [0.717, 1.165) is 11.1 Å². The molecule has 1 aliphatic heterocycles. The molecule has 0 bridgehead atoms. The summed E-state index contributed by atoms with van der Waals surface area (Å²) in [6, 6.07) is 17.2. The smallest absolute Gasteiger partial charge is 0.347 e. The lowest BCUT2D eigenvalue weighted by Crippen LogP contribution is -2.30. The molecule has 1 aromatic heterocycles. The van der Waals surface area contributed by atoms with Crippen LogP contribution in [0.3, 0.4) is 0 Å². The van der Waals surface area contributed by atoms with Gasteiger partial charge in [-0.25, -0.2) is 14.7 Å². The van der Waals surface area contributed by atoms with Crippen LogP contribution in [0.2, 0.25) is 0 Å². The van der Waals surface area contributed by atoms with Gasteiger partial charge in [-0.3, -0.25) is 9.59 Å². The molecule has 3 aromatic carbocycles. The number of aromatic nitrogens is 1. The molecule has 0 N–H and O–H groups in total. The Morgan fingerprint density at radius 3 is 2.40 bits per heavy atom. The SMILES string of the molecule is Cc1ccc(N2C(=O)c3ccc(-c4nc5ccccc5c(=O)o4)cc3C2=O)c(C)c1. The Hall–Kier alpha value is -4.06. The minimum absolute atomic E-state index is 0.103. The van der Waals surface area contributed by atoms with E-state index in [-0.39, 0.29) is 17.4 Å². The number of fused-ring (bicyclic) bond motifs is 2. The van der Waals surface area contributed by atoms with Crippen molar-refractivity contribution in [3.8, 4) is 11.5 Å². The molecule has 6 nitrogen and oxygen atoms in total. The maximum Gasteiger partial charge on any atom is 0.347 e. The van der Waals surface area contributed by atoms with Gasteiger partial charge in [0.05, 0.1) is 27.7 Å². The highest BCUT2D eigenvalue weighted by molar-refractivity contribution is 6.34. The summed E-state index contributed by atoms with van der Waals surface area (Å²) < 4.78 is 5.37. The lowest BCUT2D eigenvalue weighted by atomic mass is 10.1. The molecule has 0 radical (unpaired) electrons. The molecule has 0 unspecified atom stereocenters. The van der Waals surface area contributed by atoms with Crippen molar-refractivity contribution in [2.75, 3.05) is 4.90 Å². The first-order valence-corrected chi connectivity index (χ1v) is 9.44. The van der Waals surface area contributed by atoms with Crippen molar-refractivity contribution in [1.29, 1.82) is 0 Å². The standard InChI is InChI=1S/C24H16N2O4/c1-13-7-10-20(14(2)11-13)26-22(27)16-9-8-15(12-18(16)23(26)28)21-25-19-6-4-3-5-17(19)24(29)30-21/h3-12H,1-2H3. The number of hydrogen-bond donors (Lipinski definition) is 0. The maximum absolute atomic E-state index is 13.1. The minimum atomic E-state index is -0.504. The van der Waals surface area contributed by atoms with Gasteiger partial charge in [-0.2, -0.15) is 0 Å². The van der Waals surface area contributed by atoms with E-state index in [9.17, 15) is 14.4 Å². The Kier molecular flexibility index (Phi) is 3.89. The predicted octanol–water partition coefficient (Wildman–Crippen LogP) is 4.27. The van der Waals surface area contributed by atoms with Gasteiger partial charge < -0.3 is 4.42 Å². The van der Waals surface area contributed by atoms with E-state index < -0.39 is 11.5 Å². The second-order valence-corrected chi connectivity index (χ2v) is 7.32. The number of rotatable bonds is 2. The van der Waals surface area contributed by atoms with Crippen molar-refractivity contribution in [3.05, 3.63) is 93.3 Å². The van der Waals surface area contributed by atoms with Crippen LogP contribution in [0.15, 0.2) is 69.9 Å². The summed E-state index contributed by atoms with van der Waals surface area (Å²) >= 11 is 0. The molecule has 5 rings (SSSR count). The van der Waals surface area contributed by atoms with Crippen molar-refractivity contribution in [1.82, 2.24) is 4.98 Å². The van der Waals surface area contributed by atoms with E-state index in [1.165, 1.54) is 4.90 Å². The van der Waals surface area contributed by atoms with Gasteiger partial charge in [0.1, 0.15) is 0 Å². The third-order valence-electron chi connectivity index (χ3n) is 5.26. The highest BCUT2D eigenvalue weighted by atomic mass is 16.4. The third-order valence-corrected chi connectivity index (χ3v) is 5.26. The molecule has 0 saturated carbocycles. The number of benzene rings is 3. The molecule has 4 aromatic rings. The summed E-state index contributed by atoms with van der Waals surface area (Å²) in [6.07, 6.45) is 0. The number of aryl methyl sites for hydroxylation is 2. The fourth-order valence-electron chi connectivity index (χ4n) is 3.79. The topological polar surface area (TPSA) is 80.5 Å². The van der Waals surface area contributed by atoms with Crippen LogP contribution in [0.1, 0.15) is 31.8 Å². The van der Waals surface area contributed by atoms with E-state index >= 15 is 0 Å². The number of carbonyl (C=O) groups excluding carboxylic acids is 2. The van der Waals surface area contributed by atoms with Gasteiger partial charge >= 0.3 is 5.63 Å². The van der Waals surface area contributed by atoms with Gasteiger partial charge in [-0.05, 0) is 55.8 Å². The summed E-state index contributed by atoms with van der Waals surface area (Å²) in [4.78, 5) is 43.9. The first-order chi connectivity index (χ1) is 14.4. The third kappa shape index (κ3) is 2.65. The van der Waals surface area contributed by atoms with Gasteiger partial charge in [0.2, 0.25) is 5.89 Å². The summed E-state index contributed by atoms with van der Waals surface area (Å²) in [5.41, 5.74) is 3.48.